The summed E-state index contributed by atoms with van der Waals surface area (Å²) in [7, 11) is -3.65. The molecule has 7 nitrogen and oxygen atoms in total. The number of hydrogen-bond acceptors (Lipinski definition) is 5. The standard InChI is InChI=1S/C10H14N4O3S/c1-4-14-6-9(5-11-14)18(15,16)13-10-7(2)12-17-8(10)3/h5-6,13H,4H2,1-3H3. The number of sulfonamides is 1. The molecule has 0 amide bonds. The van der Waals surface area contributed by atoms with Gasteiger partial charge < -0.3 is 4.52 Å². The van der Waals surface area contributed by atoms with Crippen molar-refractivity contribution in [1.29, 1.82) is 0 Å². The summed E-state index contributed by atoms with van der Waals surface area (Å²) in [6.07, 6.45) is 2.78. The van der Waals surface area contributed by atoms with Crippen LogP contribution in [-0.2, 0) is 16.6 Å². The molecular formula is C10H14N4O3S. The molecular weight excluding hydrogens is 256 g/mol. The van der Waals surface area contributed by atoms with E-state index in [0.717, 1.165) is 0 Å². The van der Waals surface area contributed by atoms with Crippen molar-refractivity contribution in [2.45, 2.75) is 32.2 Å². The Hall–Kier alpha value is -1.83. The van der Waals surface area contributed by atoms with Crippen LogP contribution in [0.25, 0.3) is 0 Å². The molecule has 0 fully saturated rings. The first-order chi connectivity index (χ1) is 8.44. The number of nitrogens with zero attached hydrogens (tertiary/aromatic N) is 3. The van der Waals surface area contributed by atoms with Gasteiger partial charge >= 0.3 is 0 Å². The number of nitrogens with one attached hydrogen (secondary N) is 1. The highest BCUT2D eigenvalue weighted by Gasteiger charge is 2.20. The van der Waals surface area contributed by atoms with E-state index in [1.54, 1.807) is 18.5 Å². The number of aryl methyl sites for hydroxylation is 3. The number of aromatic nitrogens is 3. The zero-order valence-corrected chi connectivity index (χ0v) is 11.2. The SMILES string of the molecule is CCn1cc(S(=O)(=O)Nc2c(C)noc2C)cn1. The fourth-order valence-corrected chi connectivity index (χ4v) is 2.60. The lowest BCUT2D eigenvalue weighted by atomic mass is 10.3. The first kappa shape index (κ1) is 12.6. The lowest BCUT2D eigenvalue weighted by Gasteiger charge is -2.04. The Bertz CT molecular complexity index is 637. The molecule has 0 aliphatic rings. The summed E-state index contributed by atoms with van der Waals surface area (Å²) >= 11 is 0. The molecule has 98 valence electrons. The highest BCUT2D eigenvalue weighted by molar-refractivity contribution is 7.92. The van der Waals surface area contributed by atoms with Crippen LogP contribution in [-0.4, -0.2) is 23.4 Å². The largest absolute Gasteiger partial charge is 0.359 e. The third-order valence-electron chi connectivity index (χ3n) is 2.51. The van der Waals surface area contributed by atoms with Crippen molar-refractivity contribution in [2.24, 2.45) is 0 Å². The summed E-state index contributed by atoms with van der Waals surface area (Å²) in [6.45, 7) is 5.81. The first-order valence-corrected chi connectivity index (χ1v) is 6.90. The quantitative estimate of drug-likeness (QED) is 0.904. The van der Waals surface area contributed by atoms with Gasteiger partial charge in [0.15, 0.2) is 5.76 Å². The molecule has 2 heterocycles. The van der Waals surface area contributed by atoms with E-state index in [0.29, 0.717) is 23.7 Å². The van der Waals surface area contributed by atoms with Crippen LogP contribution in [0.1, 0.15) is 18.4 Å². The Morgan fingerprint density at radius 1 is 1.44 bits per heavy atom. The van der Waals surface area contributed by atoms with Gasteiger partial charge in [0, 0.05) is 12.7 Å². The van der Waals surface area contributed by atoms with Crippen molar-refractivity contribution in [3.05, 3.63) is 23.8 Å². The zero-order valence-electron chi connectivity index (χ0n) is 10.3. The summed E-state index contributed by atoms with van der Waals surface area (Å²) in [5.74, 6) is 0.430. The van der Waals surface area contributed by atoms with Crippen LogP contribution >= 0.6 is 0 Å². The minimum Gasteiger partial charge on any atom is -0.359 e. The van der Waals surface area contributed by atoms with Gasteiger partial charge in [-0.3, -0.25) is 9.40 Å². The molecule has 0 atom stereocenters. The average Bonchev–Trinajstić information content (AvgIpc) is 2.91. The van der Waals surface area contributed by atoms with Crippen LogP contribution in [0.15, 0.2) is 21.8 Å². The van der Waals surface area contributed by atoms with Crippen molar-refractivity contribution in [3.63, 3.8) is 0 Å². The minimum atomic E-state index is -3.65. The first-order valence-electron chi connectivity index (χ1n) is 5.42. The Labute approximate surface area is 105 Å². The van der Waals surface area contributed by atoms with E-state index in [9.17, 15) is 8.42 Å². The van der Waals surface area contributed by atoms with Crippen LogP contribution in [0.5, 0.6) is 0 Å². The predicted octanol–water partition coefficient (Wildman–Crippen LogP) is 1.31. The van der Waals surface area contributed by atoms with Gasteiger partial charge in [-0.1, -0.05) is 5.16 Å². The second kappa shape index (κ2) is 4.45. The molecule has 18 heavy (non-hydrogen) atoms. The van der Waals surface area contributed by atoms with E-state index in [2.05, 4.69) is 15.0 Å². The molecule has 0 bridgehead atoms. The summed E-state index contributed by atoms with van der Waals surface area (Å²) in [4.78, 5) is 0.115. The van der Waals surface area contributed by atoms with Gasteiger partial charge in [-0.2, -0.15) is 5.10 Å². The molecule has 0 aromatic carbocycles. The van der Waals surface area contributed by atoms with Gasteiger partial charge in [0.1, 0.15) is 16.3 Å². The number of rotatable bonds is 4. The Balaban J connectivity index is 2.33. The van der Waals surface area contributed by atoms with E-state index < -0.39 is 10.0 Å². The van der Waals surface area contributed by atoms with Gasteiger partial charge in [0.05, 0.1) is 6.20 Å². The third-order valence-corrected chi connectivity index (χ3v) is 3.82. The minimum absolute atomic E-state index is 0.115. The van der Waals surface area contributed by atoms with Gasteiger partial charge in [0.25, 0.3) is 10.0 Å². The van der Waals surface area contributed by atoms with Crippen LogP contribution in [0.4, 0.5) is 5.69 Å². The van der Waals surface area contributed by atoms with Crippen molar-refractivity contribution < 1.29 is 12.9 Å². The van der Waals surface area contributed by atoms with E-state index in [1.807, 2.05) is 6.92 Å². The molecule has 0 aliphatic heterocycles. The maximum atomic E-state index is 12.1. The number of hydrogen-bond donors (Lipinski definition) is 1. The van der Waals surface area contributed by atoms with Crippen molar-refractivity contribution in [2.75, 3.05) is 4.72 Å². The average molecular weight is 270 g/mol. The summed E-state index contributed by atoms with van der Waals surface area (Å²) in [5, 5.41) is 7.63. The smallest absolute Gasteiger partial charge is 0.265 e. The maximum Gasteiger partial charge on any atom is 0.265 e. The zero-order chi connectivity index (χ0) is 13.3. The Kier molecular flexibility index (Phi) is 3.12. The molecule has 0 aliphatic carbocycles. The second-order valence-corrected chi connectivity index (χ2v) is 5.52. The van der Waals surface area contributed by atoms with Gasteiger partial charge in [-0.05, 0) is 20.8 Å². The van der Waals surface area contributed by atoms with Crippen molar-refractivity contribution in [3.8, 4) is 0 Å². The molecule has 0 radical (unpaired) electrons. The van der Waals surface area contributed by atoms with E-state index >= 15 is 0 Å². The van der Waals surface area contributed by atoms with Crippen molar-refractivity contribution in [1.82, 2.24) is 14.9 Å². The second-order valence-electron chi connectivity index (χ2n) is 3.84. The fourth-order valence-electron chi connectivity index (χ4n) is 1.48. The maximum absolute atomic E-state index is 12.1. The molecule has 2 aromatic rings. The van der Waals surface area contributed by atoms with E-state index in [-0.39, 0.29) is 4.90 Å². The Morgan fingerprint density at radius 2 is 2.17 bits per heavy atom. The Morgan fingerprint density at radius 3 is 2.67 bits per heavy atom. The molecule has 2 aromatic heterocycles. The monoisotopic (exact) mass is 270 g/mol. The van der Waals surface area contributed by atoms with Crippen LogP contribution in [0, 0.1) is 13.8 Å². The highest BCUT2D eigenvalue weighted by Crippen LogP contribution is 2.22. The highest BCUT2D eigenvalue weighted by atomic mass is 32.2. The molecule has 8 heteroatoms. The van der Waals surface area contributed by atoms with Gasteiger partial charge in [-0.25, -0.2) is 8.42 Å². The summed E-state index contributed by atoms with van der Waals surface area (Å²) in [5.41, 5.74) is 0.873. The lowest BCUT2D eigenvalue weighted by molar-refractivity contribution is 0.393. The van der Waals surface area contributed by atoms with Gasteiger partial charge in [-0.15, -0.1) is 0 Å². The lowest BCUT2D eigenvalue weighted by Crippen LogP contribution is -2.13. The van der Waals surface area contributed by atoms with Gasteiger partial charge in [0.2, 0.25) is 0 Å². The van der Waals surface area contributed by atoms with Crippen LogP contribution in [0.2, 0.25) is 0 Å². The van der Waals surface area contributed by atoms with E-state index in [4.69, 9.17) is 4.52 Å². The normalized spacial score (nSPS) is 11.7. The predicted molar refractivity (Wildman–Crippen MR) is 64.7 cm³/mol. The fraction of sp³-hybridized carbons (Fsp3) is 0.400. The van der Waals surface area contributed by atoms with Crippen LogP contribution in [0.3, 0.4) is 0 Å². The topological polar surface area (TPSA) is 90.0 Å². The molecule has 1 N–H and O–H groups in total. The van der Waals surface area contributed by atoms with E-state index in [1.165, 1.54) is 12.4 Å². The van der Waals surface area contributed by atoms with Crippen molar-refractivity contribution >= 4 is 15.7 Å². The van der Waals surface area contributed by atoms with Crippen LogP contribution < -0.4 is 4.72 Å². The summed E-state index contributed by atoms with van der Waals surface area (Å²) in [6, 6.07) is 0. The number of anilines is 1. The summed E-state index contributed by atoms with van der Waals surface area (Å²) < 4.78 is 33.1. The molecule has 0 unspecified atom stereocenters. The molecule has 2 rings (SSSR count). The molecule has 0 saturated carbocycles. The third kappa shape index (κ3) is 2.23. The molecule has 0 saturated heterocycles. The molecule has 0 spiro atoms.